The highest BCUT2D eigenvalue weighted by molar-refractivity contribution is 6.12. The lowest BCUT2D eigenvalue weighted by Crippen LogP contribution is -2.01. The molecule has 0 aliphatic carbocycles. The minimum absolute atomic E-state index is 0.614. The molecule has 234 valence electrons. The molecule has 0 spiro atoms. The largest absolute Gasteiger partial charge is 0.456 e. The quantitative estimate of drug-likeness (QED) is 0.180. The first-order valence-electron chi connectivity index (χ1n) is 16.8. The van der Waals surface area contributed by atoms with Crippen molar-refractivity contribution in [3.05, 3.63) is 163 Å². The van der Waals surface area contributed by atoms with E-state index in [1.807, 2.05) is 24.3 Å². The fourth-order valence-corrected chi connectivity index (χ4v) is 7.27. The third-order valence-corrected chi connectivity index (χ3v) is 9.71. The average molecular weight is 640 g/mol. The van der Waals surface area contributed by atoms with E-state index in [0.717, 1.165) is 60.4 Å². The average Bonchev–Trinajstić information content (AvgIpc) is 3.55. The molecule has 2 heterocycles. The van der Waals surface area contributed by atoms with Crippen molar-refractivity contribution in [1.29, 1.82) is 0 Å². The molecule has 0 atom stereocenters. The van der Waals surface area contributed by atoms with Gasteiger partial charge in [0.25, 0.3) is 0 Å². The Morgan fingerprint density at radius 1 is 0.380 bits per heavy atom. The monoisotopic (exact) mass is 639 g/mol. The summed E-state index contributed by atoms with van der Waals surface area (Å²) >= 11 is 0. The number of furan rings is 1. The van der Waals surface area contributed by atoms with Crippen LogP contribution in [0.4, 0.5) is 0 Å². The zero-order valence-electron chi connectivity index (χ0n) is 27.3. The van der Waals surface area contributed by atoms with Crippen LogP contribution in [-0.2, 0) is 0 Å². The van der Waals surface area contributed by atoms with Crippen molar-refractivity contribution in [2.45, 2.75) is 6.92 Å². The number of rotatable bonds is 4. The van der Waals surface area contributed by atoms with Crippen LogP contribution < -0.4 is 0 Å². The van der Waals surface area contributed by atoms with E-state index in [9.17, 15) is 0 Å². The molecule has 0 saturated heterocycles. The highest BCUT2D eigenvalue weighted by Gasteiger charge is 2.19. The van der Waals surface area contributed by atoms with Gasteiger partial charge < -0.3 is 4.42 Å². The Morgan fingerprint density at radius 3 is 1.78 bits per heavy atom. The lowest BCUT2D eigenvalue weighted by atomic mass is 9.99. The van der Waals surface area contributed by atoms with Crippen molar-refractivity contribution < 1.29 is 4.42 Å². The molecular formula is C46H29N3O. The summed E-state index contributed by atoms with van der Waals surface area (Å²) in [7, 11) is 0. The molecule has 2 aromatic heterocycles. The number of para-hydroxylation sites is 1. The van der Waals surface area contributed by atoms with Gasteiger partial charge in [0.2, 0.25) is 0 Å². The number of hydrogen-bond acceptors (Lipinski definition) is 4. The van der Waals surface area contributed by atoms with Crippen molar-refractivity contribution in [3.8, 4) is 45.3 Å². The van der Waals surface area contributed by atoms with Crippen molar-refractivity contribution in [2.24, 2.45) is 0 Å². The minimum atomic E-state index is 0.614. The smallest absolute Gasteiger partial charge is 0.164 e. The van der Waals surface area contributed by atoms with Gasteiger partial charge in [-0.15, -0.1) is 0 Å². The van der Waals surface area contributed by atoms with Gasteiger partial charge in [0.05, 0.1) is 0 Å². The summed E-state index contributed by atoms with van der Waals surface area (Å²) in [5.41, 5.74) is 7.93. The summed E-state index contributed by atoms with van der Waals surface area (Å²) in [6.45, 7) is 2.08. The summed E-state index contributed by atoms with van der Waals surface area (Å²) < 4.78 is 6.33. The van der Waals surface area contributed by atoms with Crippen molar-refractivity contribution in [2.75, 3.05) is 0 Å². The molecule has 0 saturated carbocycles. The maximum Gasteiger partial charge on any atom is 0.164 e. The van der Waals surface area contributed by atoms with Crippen LogP contribution in [0.15, 0.2) is 162 Å². The molecule has 0 bridgehead atoms. The number of hydrogen-bond donors (Lipinski definition) is 0. The van der Waals surface area contributed by atoms with Gasteiger partial charge >= 0.3 is 0 Å². The molecule has 0 aliphatic rings. The van der Waals surface area contributed by atoms with Crippen LogP contribution in [0.3, 0.4) is 0 Å². The Bertz CT molecular complexity index is 2940. The topological polar surface area (TPSA) is 51.8 Å². The third-order valence-electron chi connectivity index (χ3n) is 9.71. The van der Waals surface area contributed by atoms with Gasteiger partial charge in [-0.05, 0) is 92.3 Å². The number of benzene rings is 8. The normalized spacial score (nSPS) is 11.7. The maximum atomic E-state index is 6.33. The summed E-state index contributed by atoms with van der Waals surface area (Å²) in [6.07, 6.45) is 0. The molecule has 0 radical (unpaired) electrons. The van der Waals surface area contributed by atoms with Gasteiger partial charge in [0.1, 0.15) is 11.2 Å². The van der Waals surface area contributed by atoms with E-state index in [2.05, 4.69) is 140 Å². The van der Waals surface area contributed by atoms with Gasteiger partial charge in [-0.1, -0.05) is 121 Å². The molecule has 0 unspecified atom stereocenters. The Hall–Kier alpha value is -6.65. The third kappa shape index (κ3) is 4.73. The molecule has 0 fully saturated rings. The summed E-state index contributed by atoms with van der Waals surface area (Å²) in [5, 5.41) is 9.14. The predicted octanol–water partition coefficient (Wildman–Crippen LogP) is 12.2. The predicted molar refractivity (Wildman–Crippen MR) is 206 cm³/mol. The summed E-state index contributed by atoms with van der Waals surface area (Å²) in [6, 6.07) is 55.3. The van der Waals surface area contributed by atoms with Crippen LogP contribution in [0, 0.1) is 6.92 Å². The summed E-state index contributed by atoms with van der Waals surface area (Å²) in [5.74, 6) is 1.87. The van der Waals surface area contributed by atoms with E-state index in [1.165, 1.54) is 27.3 Å². The molecule has 0 N–H and O–H groups in total. The molecule has 4 heteroatoms. The molecule has 50 heavy (non-hydrogen) atoms. The molecular weight excluding hydrogens is 611 g/mol. The maximum absolute atomic E-state index is 6.33. The molecule has 8 aromatic carbocycles. The van der Waals surface area contributed by atoms with Crippen molar-refractivity contribution in [3.63, 3.8) is 0 Å². The fourth-order valence-electron chi connectivity index (χ4n) is 7.27. The number of aromatic nitrogens is 3. The van der Waals surface area contributed by atoms with E-state index >= 15 is 0 Å². The number of nitrogens with zero attached hydrogens (tertiary/aromatic N) is 3. The Balaban J connectivity index is 1.18. The van der Waals surface area contributed by atoms with Crippen LogP contribution >= 0.6 is 0 Å². The highest BCUT2D eigenvalue weighted by atomic mass is 16.3. The highest BCUT2D eigenvalue weighted by Crippen LogP contribution is 2.38. The van der Waals surface area contributed by atoms with E-state index in [1.54, 1.807) is 0 Å². The Kier molecular flexibility index (Phi) is 6.36. The van der Waals surface area contributed by atoms with Crippen LogP contribution in [-0.4, -0.2) is 15.0 Å². The van der Waals surface area contributed by atoms with Crippen LogP contribution in [0.2, 0.25) is 0 Å². The first-order valence-corrected chi connectivity index (χ1v) is 16.8. The van der Waals surface area contributed by atoms with Crippen LogP contribution in [0.5, 0.6) is 0 Å². The summed E-state index contributed by atoms with van der Waals surface area (Å²) in [4.78, 5) is 15.5. The van der Waals surface area contributed by atoms with Crippen molar-refractivity contribution in [1.82, 2.24) is 15.0 Å². The molecule has 0 amide bonds. The van der Waals surface area contributed by atoms with Crippen molar-refractivity contribution >= 4 is 54.3 Å². The van der Waals surface area contributed by atoms with Crippen LogP contribution in [0.1, 0.15) is 5.56 Å². The number of fused-ring (bicyclic) bond motifs is 7. The lowest BCUT2D eigenvalue weighted by Gasteiger charge is -2.12. The van der Waals surface area contributed by atoms with E-state index in [-0.39, 0.29) is 0 Å². The van der Waals surface area contributed by atoms with Gasteiger partial charge in [-0.3, -0.25) is 0 Å². The van der Waals surface area contributed by atoms with Gasteiger partial charge in [0.15, 0.2) is 17.5 Å². The van der Waals surface area contributed by atoms with Crippen LogP contribution in [0.25, 0.3) is 99.5 Å². The zero-order chi connectivity index (χ0) is 33.2. The van der Waals surface area contributed by atoms with Gasteiger partial charge in [-0.25, -0.2) is 15.0 Å². The standard InChI is InChI=1S/C46H29N3O/c1-28-23-40(43-39-13-7-8-14-41(39)50-42(43)24-28)46-48-44(35-20-18-32-25-31(16-17-33(32)26-35)29-9-3-2-4-10-29)47-45(49-46)36-21-22-38-34(27-36)19-15-30-11-5-6-12-37(30)38/h2-27H,1H3. The Labute approximate surface area is 288 Å². The van der Waals surface area contributed by atoms with E-state index in [4.69, 9.17) is 19.4 Å². The second kappa shape index (κ2) is 11.2. The molecule has 10 rings (SSSR count). The second-order valence-corrected chi connectivity index (χ2v) is 13.0. The number of aryl methyl sites for hydroxylation is 1. The van der Waals surface area contributed by atoms with E-state index < -0.39 is 0 Å². The molecule has 4 nitrogen and oxygen atoms in total. The van der Waals surface area contributed by atoms with E-state index in [0.29, 0.717) is 17.5 Å². The fraction of sp³-hybridized carbons (Fsp3) is 0.0217. The molecule has 0 aliphatic heterocycles. The Morgan fingerprint density at radius 2 is 0.960 bits per heavy atom. The van der Waals surface area contributed by atoms with Gasteiger partial charge in [-0.2, -0.15) is 0 Å². The first-order chi connectivity index (χ1) is 24.6. The first kappa shape index (κ1) is 28.4. The SMILES string of the molecule is Cc1cc(-c2nc(-c3ccc4cc(-c5ccccc5)ccc4c3)nc(-c3ccc4c(ccc5ccccc54)c3)n2)c2c(c1)oc1ccccc12. The van der Waals surface area contributed by atoms with Gasteiger partial charge in [0, 0.05) is 27.5 Å². The zero-order valence-corrected chi connectivity index (χ0v) is 27.3. The molecule has 10 aromatic rings. The lowest BCUT2D eigenvalue weighted by molar-refractivity contribution is 0.668. The minimum Gasteiger partial charge on any atom is -0.456 e. The second-order valence-electron chi connectivity index (χ2n) is 13.0.